The van der Waals surface area contributed by atoms with Gasteiger partial charge in [-0.15, -0.1) is 0 Å². The standard InChI is InChI=1S/C26H32Cl2N2O3/c1-4-24(26(32)29-21-7-5-6-8-21)30(15-19-10-11-20(27)14-23(19)28)25(31)16-33-22-12-9-17(2)18(3)13-22/h9-14,21,24H,4-8,15-16H2,1-3H3,(H,29,32)/t24-/m0/s1. The van der Waals surface area contributed by atoms with E-state index in [0.29, 0.717) is 22.2 Å². The highest BCUT2D eigenvalue weighted by molar-refractivity contribution is 6.35. The smallest absolute Gasteiger partial charge is 0.261 e. The first-order valence-corrected chi connectivity index (χ1v) is 12.3. The largest absolute Gasteiger partial charge is 0.484 e. The van der Waals surface area contributed by atoms with E-state index in [-0.39, 0.29) is 31.0 Å². The fourth-order valence-corrected chi connectivity index (χ4v) is 4.62. The SMILES string of the molecule is CC[C@@H](C(=O)NC1CCCC1)N(Cc1ccc(Cl)cc1Cl)C(=O)COc1ccc(C)c(C)c1. The van der Waals surface area contributed by atoms with Crippen molar-refractivity contribution in [3.63, 3.8) is 0 Å². The van der Waals surface area contributed by atoms with Crippen LogP contribution in [0, 0.1) is 13.8 Å². The van der Waals surface area contributed by atoms with Crippen molar-refractivity contribution >= 4 is 35.0 Å². The van der Waals surface area contributed by atoms with Gasteiger partial charge in [0.05, 0.1) is 0 Å². The molecule has 1 fully saturated rings. The molecule has 0 aliphatic heterocycles. The van der Waals surface area contributed by atoms with Gasteiger partial charge in [0.1, 0.15) is 11.8 Å². The molecule has 2 amide bonds. The lowest BCUT2D eigenvalue weighted by atomic mass is 10.1. The normalized spacial score (nSPS) is 14.7. The van der Waals surface area contributed by atoms with E-state index in [2.05, 4.69) is 5.32 Å². The third kappa shape index (κ3) is 6.87. The number of ether oxygens (including phenoxy) is 1. The second-order valence-electron chi connectivity index (χ2n) is 8.71. The maximum Gasteiger partial charge on any atom is 0.261 e. The molecule has 5 nitrogen and oxygen atoms in total. The van der Waals surface area contributed by atoms with Crippen molar-refractivity contribution in [3.05, 3.63) is 63.1 Å². The number of nitrogens with one attached hydrogen (secondary N) is 1. The molecule has 178 valence electrons. The summed E-state index contributed by atoms with van der Waals surface area (Å²) in [4.78, 5) is 28.1. The Morgan fingerprint density at radius 2 is 1.82 bits per heavy atom. The van der Waals surface area contributed by atoms with Crippen LogP contribution in [-0.2, 0) is 16.1 Å². The number of aryl methyl sites for hydroxylation is 2. The fourth-order valence-electron chi connectivity index (χ4n) is 4.15. The summed E-state index contributed by atoms with van der Waals surface area (Å²) in [5.74, 6) is 0.223. The van der Waals surface area contributed by atoms with Crippen molar-refractivity contribution in [2.75, 3.05) is 6.61 Å². The molecule has 0 spiro atoms. The van der Waals surface area contributed by atoms with Crippen LogP contribution in [0.15, 0.2) is 36.4 Å². The summed E-state index contributed by atoms with van der Waals surface area (Å²) >= 11 is 12.4. The van der Waals surface area contributed by atoms with Crippen LogP contribution in [0.5, 0.6) is 5.75 Å². The van der Waals surface area contributed by atoms with Gasteiger partial charge in [0.25, 0.3) is 5.91 Å². The molecule has 0 unspecified atom stereocenters. The quantitative estimate of drug-likeness (QED) is 0.479. The lowest BCUT2D eigenvalue weighted by Gasteiger charge is -2.31. The van der Waals surface area contributed by atoms with E-state index in [1.54, 1.807) is 23.1 Å². The van der Waals surface area contributed by atoms with Crippen molar-refractivity contribution in [1.29, 1.82) is 0 Å². The highest BCUT2D eigenvalue weighted by atomic mass is 35.5. The number of carbonyl (C=O) groups is 2. The zero-order valence-corrected chi connectivity index (χ0v) is 21.0. The summed E-state index contributed by atoms with van der Waals surface area (Å²) in [7, 11) is 0. The van der Waals surface area contributed by atoms with Gasteiger partial charge in [-0.2, -0.15) is 0 Å². The molecule has 1 aliphatic carbocycles. The fraction of sp³-hybridized carbons (Fsp3) is 0.462. The van der Waals surface area contributed by atoms with Gasteiger partial charge in [-0.1, -0.05) is 55.1 Å². The lowest BCUT2D eigenvalue weighted by molar-refractivity contribution is -0.143. The van der Waals surface area contributed by atoms with Crippen LogP contribution < -0.4 is 10.1 Å². The lowest BCUT2D eigenvalue weighted by Crippen LogP contribution is -2.52. The number of hydrogen-bond donors (Lipinski definition) is 1. The second kappa shape index (κ2) is 11.8. The van der Waals surface area contributed by atoms with Gasteiger partial charge in [0.2, 0.25) is 5.91 Å². The van der Waals surface area contributed by atoms with Gasteiger partial charge in [-0.3, -0.25) is 9.59 Å². The van der Waals surface area contributed by atoms with Crippen LogP contribution in [0.25, 0.3) is 0 Å². The van der Waals surface area contributed by atoms with Crippen LogP contribution in [0.4, 0.5) is 0 Å². The Labute approximate surface area is 206 Å². The van der Waals surface area contributed by atoms with E-state index in [0.717, 1.165) is 42.4 Å². The van der Waals surface area contributed by atoms with Crippen LogP contribution in [0.3, 0.4) is 0 Å². The number of carbonyl (C=O) groups excluding carboxylic acids is 2. The Hall–Kier alpha value is -2.24. The van der Waals surface area contributed by atoms with E-state index in [1.807, 2.05) is 39.0 Å². The predicted molar refractivity (Wildman–Crippen MR) is 133 cm³/mol. The van der Waals surface area contributed by atoms with Gasteiger partial charge in [-0.25, -0.2) is 0 Å². The first kappa shape index (κ1) is 25.4. The molecule has 33 heavy (non-hydrogen) atoms. The van der Waals surface area contributed by atoms with E-state index in [4.69, 9.17) is 27.9 Å². The minimum atomic E-state index is -0.617. The molecule has 0 saturated heterocycles. The zero-order valence-electron chi connectivity index (χ0n) is 19.5. The molecule has 2 aromatic carbocycles. The third-order valence-corrected chi connectivity index (χ3v) is 6.87. The van der Waals surface area contributed by atoms with Gasteiger partial charge in [-0.05, 0) is 74.1 Å². The summed E-state index contributed by atoms with van der Waals surface area (Å²) in [5, 5.41) is 4.11. The molecular formula is C26H32Cl2N2O3. The molecule has 0 bridgehead atoms. The summed E-state index contributed by atoms with van der Waals surface area (Å²) in [5.41, 5.74) is 2.97. The number of rotatable bonds is 9. The first-order chi connectivity index (χ1) is 15.8. The Kier molecular flexibility index (Phi) is 9.04. The van der Waals surface area contributed by atoms with Crippen LogP contribution in [0.1, 0.15) is 55.7 Å². The maximum absolute atomic E-state index is 13.3. The molecular weight excluding hydrogens is 459 g/mol. The average Bonchev–Trinajstić information content (AvgIpc) is 3.28. The Balaban J connectivity index is 1.79. The summed E-state index contributed by atoms with van der Waals surface area (Å²) < 4.78 is 5.80. The molecule has 1 saturated carbocycles. The Morgan fingerprint density at radius 1 is 1.09 bits per heavy atom. The topological polar surface area (TPSA) is 58.6 Å². The molecule has 1 atom stereocenters. The number of nitrogens with zero attached hydrogens (tertiary/aromatic N) is 1. The number of benzene rings is 2. The van der Waals surface area contributed by atoms with Gasteiger partial charge in [0, 0.05) is 22.6 Å². The third-order valence-electron chi connectivity index (χ3n) is 6.28. The first-order valence-electron chi connectivity index (χ1n) is 11.5. The van der Waals surface area contributed by atoms with Crippen molar-refractivity contribution in [3.8, 4) is 5.75 Å². The Bertz CT molecular complexity index is 989. The van der Waals surface area contributed by atoms with Crippen LogP contribution >= 0.6 is 23.2 Å². The summed E-state index contributed by atoms with van der Waals surface area (Å²) in [6, 6.07) is 10.4. The van der Waals surface area contributed by atoms with Gasteiger partial charge < -0.3 is 15.0 Å². The monoisotopic (exact) mass is 490 g/mol. The summed E-state index contributed by atoms with van der Waals surface area (Å²) in [6.07, 6.45) is 4.69. The molecule has 0 radical (unpaired) electrons. The van der Waals surface area contributed by atoms with Gasteiger partial charge in [0.15, 0.2) is 6.61 Å². The van der Waals surface area contributed by atoms with Crippen LogP contribution in [0.2, 0.25) is 10.0 Å². The highest BCUT2D eigenvalue weighted by Gasteiger charge is 2.31. The van der Waals surface area contributed by atoms with E-state index >= 15 is 0 Å². The van der Waals surface area contributed by atoms with Crippen molar-refractivity contribution in [2.24, 2.45) is 0 Å². The van der Waals surface area contributed by atoms with Crippen molar-refractivity contribution in [1.82, 2.24) is 10.2 Å². The highest BCUT2D eigenvalue weighted by Crippen LogP contribution is 2.25. The molecule has 2 aromatic rings. The summed E-state index contributed by atoms with van der Waals surface area (Å²) in [6.45, 7) is 5.96. The molecule has 7 heteroatoms. The van der Waals surface area contributed by atoms with E-state index < -0.39 is 6.04 Å². The van der Waals surface area contributed by atoms with Crippen molar-refractivity contribution in [2.45, 2.75) is 71.5 Å². The number of amides is 2. The molecule has 0 aromatic heterocycles. The molecule has 3 rings (SSSR count). The maximum atomic E-state index is 13.3. The van der Waals surface area contributed by atoms with E-state index in [1.165, 1.54) is 0 Å². The minimum absolute atomic E-state index is 0.131. The Morgan fingerprint density at radius 3 is 2.45 bits per heavy atom. The second-order valence-corrected chi connectivity index (χ2v) is 9.55. The number of hydrogen-bond acceptors (Lipinski definition) is 3. The molecule has 0 heterocycles. The molecule has 1 N–H and O–H groups in total. The number of halogens is 2. The van der Waals surface area contributed by atoms with Gasteiger partial charge >= 0.3 is 0 Å². The average molecular weight is 491 g/mol. The predicted octanol–water partition coefficient (Wildman–Crippen LogP) is 5.86. The van der Waals surface area contributed by atoms with Crippen LogP contribution in [-0.4, -0.2) is 35.4 Å². The van der Waals surface area contributed by atoms with Crippen molar-refractivity contribution < 1.29 is 14.3 Å². The van der Waals surface area contributed by atoms with E-state index in [9.17, 15) is 9.59 Å². The zero-order chi connectivity index (χ0) is 24.0. The minimum Gasteiger partial charge on any atom is -0.484 e. The molecule has 1 aliphatic rings.